The molecule has 0 aliphatic heterocycles. The van der Waals surface area contributed by atoms with Crippen molar-refractivity contribution >= 4 is 27.5 Å². The highest BCUT2D eigenvalue weighted by Gasteiger charge is 2.27. The van der Waals surface area contributed by atoms with Gasteiger partial charge in [0, 0.05) is 0 Å². The van der Waals surface area contributed by atoms with Gasteiger partial charge in [0.05, 0.1) is 23.1 Å². The van der Waals surface area contributed by atoms with Crippen LogP contribution in [0.2, 0.25) is 5.02 Å². The number of benzene rings is 3. The topological polar surface area (TPSA) is 84.5 Å². The zero-order chi connectivity index (χ0) is 24.0. The number of carbonyl (C=O) groups is 1. The van der Waals surface area contributed by atoms with Gasteiger partial charge in [0.15, 0.2) is 0 Å². The van der Waals surface area contributed by atoms with E-state index in [-0.39, 0.29) is 22.2 Å². The molecule has 0 spiro atoms. The van der Waals surface area contributed by atoms with E-state index in [0.29, 0.717) is 11.3 Å². The van der Waals surface area contributed by atoms with Crippen molar-refractivity contribution in [1.82, 2.24) is 10.0 Å². The van der Waals surface area contributed by atoms with E-state index in [9.17, 15) is 17.6 Å². The Balaban J connectivity index is 1.84. The third kappa shape index (κ3) is 6.54. The monoisotopic (exact) mass is 490 g/mol. The number of amides is 1. The Hall–Kier alpha value is -2.94. The van der Waals surface area contributed by atoms with Gasteiger partial charge < -0.3 is 10.1 Å². The van der Waals surface area contributed by atoms with Gasteiger partial charge in [-0.3, -0.25) is 4.79 Å². The van der Waals surface area contributed by atoms with Crippen molar-refractivity contribution in [3.8, 4) is 5.75 Å². The first-order valence-corrected chi connectivity index (χ1v) is 12.0. The van der Waals surface area contributed by atoms with Crippen LogP contribution in [0.3, 0.4) is 0 Å². The smallest absolute Gasteiger partial charge is 0.241 e. The number of hydrogen-bond acceptors (Lipinski definition) is 4. The lowest BCUT2D eigenvalue weighted by atomic mass is 10.0. The zero-order valence-corrected chi connectivity index (χ0v) is 19.7. The largest absolute Gasteiger partial charge is 0.495 e. The van der Waals surface area contributed by atoms with Crippen molar-refractivity contribution in [2.45, 2.75) is 30.3 Å². The molecule has 3 aromatic carbocycles. The van der Waals surface area contributed by atoms with Crippen molar-refractivity contribution in [3.05, 3.63) is 94.8 Å². The Morgan fingerprint density at radius 1 is 1.06 bits per heavy atom. The van der Waals surface area contributed by atoms with E-state index in [0.717, 1.165) is 5.56 Å². The van der Waals surface area contributed by atoms with Crippen LogP contribution in [-0.4, -0.2) is 27.5 Å². The molecule has 33 heavy (non-hydrogen) atoms. The summed E-state index contributed by atoms with van der Waals surface area (Å²) in [5.41, 5.74) is 1.47. The molecule has 3 aromatic rings. The van der Waals surface area contributed by atoms with Crippen molar-refractivity contribution < 1.29 is 22.3 Å². The minimum atomic E-state index is -4.08. The van der Waals surface area contributed by atoms with Crippen LogP contribution in [0.1, 0.15) is 24.1 Å². The normalized spacial score (nSPS) is 13.2. The summed E-state index contributed by atoms with van der Waals surface area (Å²) in [4.78, 5) is 13.0. The summed E-state index contributed by atoms with van der Waals surface area (Å²) in [6, 6.07) is 17.3. The summed E-state index contributed by atoms with van der Waals surface area (Å²) in [5.74, 6) is -0.564. The van der Waals surface area contributed by atoms with Crippen LogP contribution < -0.4 is 14.8 Å². The second kappa shape index (κ2) is 10.8. The fourth-order valence-corrected chi connectivity index (χ4v) is 4.80. The molecule has 0 bridgehead atoms. The first-order valence-electron chi connectivity index (χ1n) is 10.1. The third-order valence-electron chi connectivity index (χ3n) is 5.06. The second-order valence-corrected chi connectivity index (χ2v) is 9.56. The first-order chi connectivity index (χ1) is 15.7. The predicted molar refractivity (Wildman–Crippen MR) is 125 cm³/mol. The summed E-state index contributed by atoms with van der Waals surface area (Å²) in [6.45, 7) is 1.74. The highest BCUT2D eigenvalue weighted by atomic mass is 35.5. The number of methoxy groups -OCH3 is 1. The number of hydrogen-bond donors (Lipinski definition) is 2. The molecular weight excluding hydrogens is 467 g/mol. The summed E-state index contributed by atoms with van der Waals surface area (Å²) in [6.07, 6.45) is 0.131. The molecule has 174 valence electrons. The highest BCUT2D eigenvalue weighted by molar-refractivity contribution is 7.89. The van der Waals surface area contributed by atoms with E-state index >= 15 is 0 Å². The highest BCUT2D eigenvalue weighted by Crippen LogP contribution is 2.27. The van der Waals surface area contributed by atoms with Gasteiger partial charge in [0.1, 0.15) is 17.6 Å². The van der Waals surface area contributed by atoms with E-state index in [2.05, 4.69) is 10.0 Å². The van der Waals surface area contributed by atoms with Gasteiger partial charge >= 0.3 is 0 Å². The minimum absolute atomic E-state index is 0.0919. The van der Waals surface area contributed by atoms with Crippen LogP contribution in [0.5, 0.6) is 5.75 Å². The molecular formula is C24H24ClFN2O4S. The van der Waals surface area contributed by atoms with Gasteiger partial charge in [-0.1, -0.05) is 54.1 Å². The van der Waals surface area contributed by atoms with Crippen LogP contribution >= 0.6 is 11.6 Å². The SMILES string of the molecule is COc1ccc(S(=O)(=O)N[C@H](Cc2ccccc2)C(=O)N[C@H](C)c2ccc(F)cc2)cc1Cl. The van der Waals surface area contributed by atoms with Crippen LogP contribution in [0.25, 0.3) is 0 Å². The molecule has 0 aromatic heterocycles. The number of ether oxygens (including phenoxy) is 1. The van der Waals surface area contributed by atoms with Crippen LogP contribution in [-0.2, 0) is 21.2 Å². The number of halogens is 2. The molecule has 3 rings (SSSR count). The number of sulfonamides is 1. The predicted octanol–water partition coefficient (Wildman–Crippen LogP) is 4.25. The lowest BCUT2D eigenvalue weighted by Gasteiger charge is -2.22. The lowest BCUT2D eigenvalue weighted by molar-refractivity contribution is -0.123. The minimum Gasteiger partial charge on any atom is -0.495 e. The molecule has 0 fully saturated rings. The quantitative estimate of drug-likeness (QED) is 0.469. The van der Waals surface area contributed by atoms with Crippen LogP contribution in [0.15, 0.2) is 77.7 Å². The van der Waals surface area contributed by atoms with Crippen molar-refractivity contribution in [3.63, 3.8) is 0 Å². The molecule has 0 radical (unpaired) electrons. The maximum atomic E-state index is 13.2. The molecule has 0 aliphatic carbocycles. The molecule has 1 amide bonds. The molecule has 2 atom stereocenters. The number of nitrogens with one attached hydrogen (secondary N) is 2. The van der Waals surface area contributed by atoms with Gasteiger partial charge in [0.2, 0.25) is 15.9 Å². The van der Waals surface area contributed by atoms with Crippen LogP contribution in [0.4, 0.5) is 4.39 Å². The molecule has 0 unspecified atom stereocenters. The first kappa shape index (κ1) is 24.7. The third-order valence-corrected chi connectivity index (χ3v) is 6.82. The molecule has 0 heterocycles. The average molecular weight is 491 g/mol. The van der Waals surface area contributed by atoms with Crippen molar-refractivity contribution in [2.75, 3.05) is 7.11 Å². The molecule has 6 nitrogen and oxygen atoms in total. The van der Waals surface area contributed by atoms with Gasteiger partial charge in [-0.25, -0.2) is 12.8 Å². The van der Waals surface area contributed by atoms with E-state index in [1.165, 1.54) is 37.4 Å². The fraction of sp³-hybridized carbons (Fsp3) is 0.208. The summed E-state index contributed by atoms with van der Waals surface area (Å²) < 4.78 is 46.9. The summed E-state index contributed by atoms with van der Waals surface area (Å²) >= 11 is 6.09. The molecule has 2 N–H and O–H groups in total. The van der Waals surface area contributed by atoms with E-state index in [1.807, 2.05) is 30.3 Å². The Morgan fingerprint density at radius 3 is 2.33 bits per heavy atom. The van der Waals surface area contributed by atoms with E-state index < -0.39 is 28.0 Å². The Morgan fingerprint density at radius 2 is 1.73 bits per heavy atom. The Labute approximate surface area is 197 Å². The standard InChI is InChI=1S/C24H24ClFN2O4S/c1-16(18-8-10-19(26)11-9-18)27-24(29)22(14-17-6-4-3-5-7-17)28-33(30,31)20-12-13-23(32-2)21(25)15-20/h3-13,15-16,22,28H,14H2,1-2H3,(H,27,29)/t16-,22-/m1/s1. The fourth-order valence-electron chi connectivity index (χ4n) is 3.26. The van der Waals surface area contributed by atoms with Crippen molar-refractivity contribution in [2.24, 2.45) is 0 Å². The molecule has 9 heteroatoms. The van der Waals surface area contributed by atoms with Crippen molar-refractivity contribution in [1.29, 1.82) is 0 Å². The maximum Gasteiger partial charge on any atom is 0.241 e. The van der Waals surface area contributed by atoms with Gasteiger partial charge in [-0.15, -0.1) is 0 Å². The number of carbonyl (C=O) groups excluding carboxylic acids is 1. The van der Waals surface area contributed by atoms with Crippen LogP contribution in [0, 0.1) is 5.82 Å². The summed E-state index contributed by atoms with van der Waals surface area (Å²) in [5, 5.41) is 2.94. The molecule has 0 saturated carbocycles. The maximum absolute atomic E-state index is 13.2. The zero-order valence-electron chi connectivity index (χ0n) is 18.1. The Kier molecular flexibility index (Phi) is 8.07. The Bertz CT molecular complexity index is 1200. The van der Waals surface area contributed by atoms with Gasteiger partial charge in [-0.2, -0.15) is 4.72 Å². The van der Waals surface area contributed by atoms with Gasteiger partial charge in [-0.05, 0) is 54.8 Å². The summed E-state index contributed by atoms with van der Waals surface area (Å²) in [7, 11) is -2.65. The van der Waals surface area contributed by atoms with E-state index in [1.54, 1.807) is 19.1 Å². The second-order valence-electron chi connectivity index (χ2n) is 7.44. The van der Waals surface area contributed by atoms with E-state index in [4.69, 9.17) is 16.3 Å². The van der Waals surface area contributed by atoms with Gasteiger partial charge in [0.25, 0.3) is 0 Å². The molecule has 0 aliphatic rings. The lowest BCUT2D eigenvalue weighted by Crippen LogP contribution is -2.48. The average Bonchev–Trinajstić information content (AvgIpc) is 2.79. The number of rotatable bonds is 9. The molecule has 0 saturated heterocycles.